The van der Waals surface area contributed by atoms with E-state index in [1.165, 1.54) is 12.8 Å². The Morgan fingerprint density at radius 1 is 1.50 bits per heavy atom. The number of aryl methyl sites for hydroxylation is 1. The Hall–Kier alpha value is -1.29. The van der Waals surface area contributed by atoms with Crippen LogP contribution >= 0.6 is 11.6 Å². The number of nitrogens with zero attached hydrogens (tertiary/aromatic N) is 3. The minimum absolute atomic E-state index is 0.0436. The van der Waals surface area contributed by atoms with Crippen LogP contribution in [0.5, 0.6) is 0 Å². The SMILES string of the molecule is CC1CCCC(CCl)(Nc2nccc3c2ncn3C)C1. The zero-order chi connectivity index (χ0) is 14.2. The Kier molecular flexibility index (Phi) is 3.59. The number of rotatable bonds is 3. The Morgan fingerprint density at radius 2 is 2.35 bits per heavy atom. The summed E-state index contributed by atoms with van der Waals surface area (Å²) in [5, 5.41) is 3.61. The topological polar surface area (TPSA) is 42.7 Å². The lowest BCUT2D eigenvalue weighted by Crippen LogP contribution is -2.44. The molecule has 1 aliphatic carbocycles. The van der Waals surface area contributed by atoms with Crippen molar-refractivity contribution in [3.8, 4) is 0 Å². The van der Waals surface area contributed by atoms with E-state index in [2.05, 4.69) is 22.2 Å². The number of aromatic nitrogens is 3. The van der Waals surface area contributed by atoms with Crippen LogP contribution in [-0.4, -0.2) is 26.0 Å². The molecule has 0 amide bonds. The highest BCUT2D eigenvalue weighted by Crippen LogP contribution is 2.36. The molecule has 2 aromatic heterocycles. The lowest BCUT2D eigenvalue weighted by molar-refractivity contribution is 0.279. The van der Waals surface area contributed by atoms with E-state index in [-0.39, 0.29) is 5.54 Å². The van der Waals surface area contributed by atoms with Gasteiger partial charge in [-0.25, -0.2) is 9.97 Å². The van der Waals surface area contributed by atoms with Crippen molar-refractivity contribution in [1.29, 1.82) is 0 Å². The van der Waals surface area contributed by atoms with E-state index in [4.69, 9.17) is 11.6 Å². The molecule has 1 saturated carbocycles. The second-order valence-corrected chi connectivity index (χ2v) is 6.39. The Morgan fingerprint density at radius 3 is 3.10 bits per heavy atom. The minimum Gasteiger partial charge on any atom is -0.362 e. The highest BCUT2D eigenvalue weighted by molar-refractivity contribution is 6.18. The number of halogens is 1. The molecule has 1 aliphatic rings. The first-order valence-electron chi connectivity index (χ1n) is 7.24. The molecule has 0 spiro atoms. The summed E-state index contributed by atoms with van der Waals surface area (Å²) in [5.74, 6) is 2.18. The van der Waals surface area contributed by atoms with E-state index >= 15 is 0 Å². The van der Waals surface area contributed by atoms with Gasteiger partial charge in [0, 0.05) is 19.1 Å². The molecule has 2 unspecified atom stereocenters. The maximum Gasteiger partial charge on any atom is 0.154 e. The van der Waals surface area contributed by atoms with Crippen molar-refractivity contribution in [3.63, 3.8) is 0 Å². The summed E-state index contributed by atoms with van der Waals surface area (Å²) in [6.45, 7) is 2.30. The van der Waals surface area contributed by atoms with Crippen LogP contribution in [0.4, 0.5) is 5.82 Å². The third-order valence-corrected chi connectivity index (χ3v) is 4.89. The second kappa shape index (κ2) is 5.24. The average molecular weight is 293 g/mol. The number of anilines is 1. The fourth-order valence-electron chi connectivity index (χ4n) is 3.33. The number of hydrogen-bond donors (Lipinski definition) is 1. The molecule has 2 atom stereocenters. The molecule has 0 bridgehead atoms. The van der Waals surface area contributed by atoms with Crippen LogP contribution in [0.25, 0.3) is 11.0 Å². The van der Waals surface area contributed by atoms with Gasteiger partial charge in [0.1, 0.15) is 5.52 Å². The molecule has 5 heteroatoms. The van der Waals surface area contributed by atoms with Crippen molar-refractivity contribution < 1.29 is 0 Å². The fraction of sp³-hybridized carbons (Fsp3) is 0.600. The summed E-state index contributed by atoms with van der Waals surface area (Å²) in [7, 11) is 2.00. The number of nitrogens with one attached hydrogen (secondary N) is 1. The van der Waals surface area contributed by atoms with E-state index in [0.717, 1.165) is 29.7 Å². The monoisotopic (exact) mass is 292 g/mol. The molecule has 0 aliphatic heterocycles. The van der Waals surface area contributed by atoms with Crippen molar-refractivity contribution >= 4 is 28.5 Å². The maximum absolute atomic E-state index is 6.29. The average Bonchev–Trinajstić information content (AvgIpc) is 2.82. The Bertz CT molecular complexity index is 609. The molecule has 3 rings (SSSR count). The van der Waals surface area contributed by atoms with Crippen LogP contribution in [0.1, 0.15) is 32.6 Å². The van der Waals surface area contributed by atoms with Gasteiger partial charge < -0.3 is 9.88 Å². The molecule has 0 radical (unpaired) electrons. The largest absolute Gasteiger partial charge is 0.362 e. The van der Waals surface area contributed by atoms with Crippen LogP contribution in [0.2, 0.25) is 0 Å². The van der Waals surface area contributed by atoms with Gasteiger partial charge in [0.2, 0.25) is 0 Å². The van der Waals surface area contributed by atoms with Crippen LogP contribution in [0, 0.1) is 5.92 Å². The van der Waals surface area contributed by atoms with Gasteiger partial charge in [0.25, 0.3) is 0 Å². The van der Waals surface area contributed by atoms with Gasteiger partial charge >= 0.3 is 0 Å². The molecular weight excluding hydrogens is 272 g/mol. The standard InChI is InChI=1S/C15H21ClN4/c1-11-4-3-6-15(8-11,9-16)19-14-13-12(5-7-17-14)20(2)10-18-13/h5,7,10-11H,3-4,6,8-9H2,1-2H3,(H,17,19). The number of fused-ring (bicyclic) bond motifs is 1. The first-order valence-corrected chi connectivity index (χ1v) is 7.77. The normalized spacial score (nSPS) is 26.9. The molecular formula is C15H21ClN4. The van der Waals surface area contributed by atoms with Crippen LogP contribution in [0.3, 0.4) is 0 Å². The highest BCUT2D eigenvalue weighted by Gasteiger charge is 2.35. The van der Waals surface area contributed by atoms with E-state index in [0.29, 0.717) is 11.8 Å². The van der Waals surface area contributed by atoms with Gasteiger partial charge in [-0.1, -0.05) is 19.8 Å². The molecule has 2 heterocycles. The molecule has 1 N–H and O–H groups in total. The summed E-state index contributed by atoms with van der Waals surface area (Å²) in [5.41, 5.74) is 1.98. The van der Waals surface area contributed by atoms with Crippen molar-refractivity contribution in [1.82, 2.24) is 14.5 Å². The second-order valence-electron chi connectivity index (χ2n) is 6.12. The van der Waals surface area contributed by atoms with E-state index < -0.39 is 0 Å². The number of alkyl halides is 1. The van der Waals surface area contributed by atoms with E-state index in [1.807, 2.05) is 30.2 Å². The van der Waals surface area contributed by atoms with Gasteiger partial charge in [0.15, 0.2) is 5.82 Å². The summed E-state index contributed by atoms with van der Waals surface area (Å²) in [6, 6.07) is 1.99. The van der Waals surface area contributed by atoms with E-state index in [1.54, 1.807) is 0 Å². The first-order chi connectivity index (χ1) is 9.63. The lowest BCUT2D eigenvalue weighted by atomic mass is 9.77. The highest BCUT2D eigenvalue weighted by atomic mass is 35.5. The maximum atomic E-state index is 6.29. The third-order valence-electron chi connectivity index (χ3n) is 4.37. The van der Waals surface area contributed by atoms with E-state index in [9.17, 15) is 0 Å². The summed E-state index contributed by atoms with van der Waals surface area (Å²) >= 11 is 6.29. The molecule has 4 nitrogen and oxygen atoms in total. The fourth-order valence-corrected chi connectivity index (χ4v) is 3.64. The van der Waals surface area contributed by atoms with Gasteiger partial charge in [-0.15, -0.1) is 11.6 Å². The molecule has 1 fully saturated rings. The lowest BCUT2D eigenvalue weighted by Gasteiger charge is -2.39. The van der Waals surface area contributed by atoms with Gasteiger partial charge in [0.05, 0.1) is 17.4 Å². The van der Waals surface area contributed by atoms with Crippen molar-refractivity contribution in [2.45, 2.75) is 38.1 Å². The molecule has 0 saturated heterocycles. The number of pyridine rings is 1. The summed E-state index contributed by atoms with van der Waals surface area (Å²) in [6.07, 6.45) is 8.38. The Labute approximate surface area is 124 Å². The quantitative estimate of drug-likeness (QED) is 0.880. The van der Waals surface area contributed by atoms with Crippen molar-refractivity contribution in [3.05, 3.63) is 18.6 Å². The summed E-state index contributed by atoms with van der Waals surface area (Å²) in [4.78, 5) is 8.95. The zero-order valence-corrected chi connectivity index (χ0v) is 12.8. The summed E-state index contributed by atoms with van der Waals surface area (Å²) < 4.78 is 2.01. The smallest absolute Gasteiger partial charge is 0.154 e. The van der Waals surface area contributed by atoms with Crippen molar-refractivity contribution in [2.24, 2.45) is 13.0 Å². The third kappa shape index (κ3) is 2.37. The molecule has 20 heavy (non-hydrogen) atoms. The zero-order valence-electron chi connectivity index (χ0n) is 12.1. The van der Waals surface area contributed by atoms with Crippen LogP contribution < -0.4 is 5.32 Å². The first kappa shape index (κ1) is 13.7. The molecule has 0 aromatic carbocycles. The van der Waals surface area contributed by atoms with Gasteiger partial charge in [-0.05, 0) is 24.8 Å². The number of imidazole rings is 1. The van der Waals surface area contributed by atoms with Crippen LogP contribution in [-0.2, 0) is 7.05 Å². The van der Waals surface area contributed by atoms with Crippen molar-refractivity contribution in [2.75, 3.05) is 11.2 Å². The van der Waals surface area contributed by atoms with Crippen LogP contribution in [0.15, 0.2) is 18.6 Å². The predicted octanol–water partition coefficient (Wildman–Crippen LogP) is 3.57. The number of hydrogen-bond acceptors (Lipinski definition) is 3. The Balaban J connectivity index is 1.95. The van der Waals surface area contributed by atoms with Gasteiger partial charge in [-0.2, -0.15) is 0 Å². The molecule has 108 valence electrons. The predicted molar refractivity (Wildman–Crippen MR) is 83.2 cm³/mol. The minimum atomic E-state index is -0.0436. The molecule has 2 aromatic rings. The van der Waals surface area contributed by atoms with Gasteiger partial charge in [-0.3, -0.25) is 0 Å².